The minimum Gasteiger partial charge on any atom is -0.490 e. The normalized spacial score (nSPS) is 14.1. The second-order valence-electron chi connectivity index (χ2n) is 6.17. The quantitative estimate of drug-likeness (QED) is 0.907. The summed E-state index contributed by atoms with van der Waals surface area (Å²) in [5.74, 6) is 0.728. The van der Waals surface area contributed by atoms with E-state index in [0.717, 1.165) is 24.2 Å². The van der Waals surface area contributed by atoms with Crippen LogP contribution in [-0.2, 0) is 15.4 Å². The lowest BCUT2D eigenvalue weighted by Gasteiger charge is -2.25. The van der Waals surface area contributed by atoms with Gasteiger partial charge < -0.3 is 4.74 Å². The Labute approximate surface area is 122 Å². The summed E-state index contributed by atoms with van der Waals surface area (Å²) in [6.07, 6.45) is 2.10. The first-order chi connectivity index (χ1) is 9.05. The van der Waals surface area contributed by atoms with Gasteiger partial charge in [-0.1, -0.05) is 34.1 Å². The molecule has 1 atom stereocenters. The second-order valence-corrected chi connectivity index (χ2v) is 7.73. The van der Waals surface area contributed by atoms with Crippen LogP contribution in [0.3, 0.4) is 0 Å². The van der Waals surface area contributed by atoms with Crippen molar-refractivity contribution < 1.29 is 13.2 Å². The van der Waals surface area contributed by atoms with Crippen LogP contribution in [0.25, 0.3) is 0 Å². The van der Waals surface area contributed by atoms with Gasteiger partial charge in [-0.25, -0.2) is 13.6 Å². The lowest BCUT2D eigenvalue weighted by atomic mass is 9.86. The van der Waals surface area contributed by atoms with Crippen LogP contribution in [-0.4, -0.2) is 14.5 Å². The van der Waals surface area contributed by atoms with Gasteiger partial charge in [-0.15, -0.1) is 0 Å². The van der Waals surface area contributed by atoms with Crippen LogP contribution in [0.15, 0.2) is 23.1 Å². The SMILES string of the molecule is CCCC(C)Oc1ccc(S(N)(=O)=O)cc1C(C)(C)C. The third kappa shape index (κ3) is 4.49. The highest BCUT2D eigenvalue weighted by Crippen LogP contribution is 2.34. The van der Waals surface area contributed by atoms with Crippen molar-refractivity contribution in [1.29, 1.82) is 0 Å². The Hall–Kier alpha value is -1.07. The molecule has 0 aliphatic rings. The molecule has 0 saturated carbocycles. The average Bonchev–Trinajstić information content (AvgIpc) is 2.26. The molecule has 114 valence electrons. The molecule has 0 fully saturated rings. The zero-order valence-electron chi connectivity index (χ0n) is 12.9. The van der Waals surface area contributed by atoms with Crippen molar-refractivity contribution in [2.45, 2.75) is 63.9 Å². The first-order valence-electron chi connectivity index (χ1n) is 6.89. The fourth-order valence-corrected chi connectivity index (χ4v) is 2.60. The van der Waals surface area contributed by atoms with Crippen molar-refractivity contribution in [2.75, 3.05) is 0 Å². The molecule has 1 aromatic carbocycles. The molecule has 20 heavy (non-hydrogen) atoms. The summed E-state index contributed by atoms with van der Waals surface area (Å²) >= 11 is 0. The van der Waals surface area contributed by atoms with Crippen molar-refractivity contribution in [3.63, 3.8) is 0 Å². The molecule has 0 aromatic heterocycles. The van der Waals surface area contributed by atoms with Crippen LogP contribution in [0.5, 0.6) is 5.75 Å². The molecule has 1 aromatic rings. The van der Waals surface area contributed by atoms with Gasteiger partial charge in [0, 0.05) is 5.56 Å². The Bertz CT molecular complexity index is 559. The van der Waals surface area contributed by atoms with Gasteiger partial charge in [0.1, 0.15) is 5.75 Å². The summed E-state index contributed by atoms with van der Waals surface area (Å²) in [6.45, 7) is 10.2. The highest BCUT2D eigenvalue weighted by molar-refractivity contribution is 7.89. The topological polar surface area (TPSA) is 69.4 Å². The fourth-order valence-electron chi connectivity index (χ4n) is 2.06. The van der Waals surface area contributed by atoms with Gasteiger partial charge in [-0.3, -0.25) is 0 Å². The molecule has 1 unspecified atom stereocenters. The Morgan fingerprint density at radius 2 is 1.90 bits per heavy atom. The molecule has 0 saturated heterocycles. The Balaban J connectivity index is 3.25. The van der Waals surface area contributed by atoms with Crippen molar-refractivity contribution in [2.24, 2.45) is 5.14 Å². The summed E-state index contributed by atoms with van der Waals surface area (Å²) in [7, 11) is -3.70. The molecule has 0 aliphatic heterocycles. The van der Waals surface area contributed by atoms with Crippen LogP contribution in [0.2, 0.25) is 0 Å². The van der Waals surface area contributed by atoms with E-state index in [2.05, 4.69) is 6.92 Å². The minimum absolute atomic E-state index is 0.0985. The summed E-state index contributed by atoms with van der Waals surface area (Å²) in [6, 6.07) is 4.81. The molecule has 2 N–H and O–H groups in total. The first kappa shape index (κ1) is 17.0. The molecular formula is C15H25NO3S. The highest BCUT2D eigenvalue weighted by Gasteiger charge is 2.22. The summed E-state index contributed by atoms with van der Waals surface area (Å²) < 4.78 is 28.9. The smallest absolute Gasteiger partial charge is 0.238 e. The van der Waals surface area contributed by atoms with Crippen molar-refractivity contribution in [3.05, 3.63) is 23.8 Å². The molecule has 0 aliphatic carbocycles. The molecule has 4 nitrogen and oxygen atoms in total. The molecule has 0 amide bonds. The van der Waals surface area contributed by atoms with E-state index in [9.17, 15) is 8.42 Å². The number of nitrogens with two attached hydrogens (primary N) is 1. The molecule has 5 heteroatoms. The average molecular weight is 299 g/mol. The number of benzene rings is 1. The predicted octanol–water partition coefficient (Wildman–Crippen LogP) is 3.20. The van der Waals surface area contributed by atoms with E-state index < -0.39 is 10.0 Å². The van der Waals surface area contributed by atoms with Gasteiger partial charge >= 0.3 is 0 Å². The van der Waals surface area contributed by atoms with E-state index in [-0.39, 0.29) is 16.4 Å². The molecule has 0 heterocycles. The third-order valence-electron chi connectivity index (χ3n) is 3.11. The zero-order valence-corrected chi connectivity index (χ0v) is 13.8. The number of primary sulfonamides is 1. The van der Waals surface area contributed by atoms with Gasteiger partial charge in [0.05, 0.1) is 11.0 Å². The van der Waals surface area contributed by atoms with Gasteiger partial charge in [0.25, 0.3) is 0 Å². The van der Waals surface area contributed by atoms with E-state index >= 15 is 0 Å². The van der Waals surface area contributed by atoms with Gasteiger partial charge in [-0.05, 0) is 37.0 Å². The minimum atomic E-state index is -3.70. The van der Waals surface area contributed by atoms with Gasteiger partial charge in [0.2, 0.25) is 10.0 Å². The van der Waals surface area contributed by atoms with E-state index in [4.69, 9.17) is 9.88 Å². The first-order valence-corrected chi connectivity index (χ1v) is 8.44. The highest BCUT2D eigenvalue weighted by atomic mass is 32.2. The van der Waals surface area contributed by atoms with Crippen LogP contribution < -0.4 is 9.88 Å². The van der Waals surface area contributed by atoms with E-state index in [1.54, 1.807) is 12.1 Å². The van der Waals surface area contributed by atoms with Crippen LogP contribution in [0.1, 0.15) is 53.0 Å². The van der Waals surface area contributed by atoms with E-state index in [1.807, 2.05) is 27.7 Å². The Kier molecular flexibility index (Phi) is 5.21. The number of hydrogen-bond acceptors (Lipinski definition) is 3. The predicted molar refractivity (Wildman–Crippen MR) is 81.5 cm³/mol. The van der Waals surface area contributed by atoms with Crippen LogP contribution >= 0.6 is 0 Å². The number of ether oxygens (including phenoxy) is 1. The largest absolute Gasteiger partial charge is 0.490 e. The van der Waals surface area contributed by atoms with Crippen LogP contribution in [0.4, 0.5) is 0 Å². The molecular weight excluding hydrogens is 274 g/mol. The maximum atomic E-state index is 11.5. The van der Waals surface area contributed by atoms with Gasteiger partial charge in [0.15, 0.2) is 0 Å². The van der Waals surface area contributed by atoms with Crippen molar-refractivity contribution in [3.8, 4) is 5.75 Å². The maximum absolute atomic E-state index is 11.5. The molecule has 1 rings (SSSR count). The lowest BCUT2D eigenvalue weighted by Crippen LogP contribution is -2.19. The summed E-state index contributed by atoms with van der Waals surface area (Å²) in [5, 5.41) is 5.20. The van der Waals surface area contributed by atoms with E-state index in [1.165, 1.54) is 6.07 Å². The van der Waals surface area contributed by atoms with Gasteiger partial charge in [-0.2, -0.15) is 0 Å². The van der Waals surface area contributed by atoms with Crippen LogP contribution in [0, 0.1) is 0 Å². The number of sulfonamides is 1. The standard InChI is InChI=1S/C15H25NO3S/c1-6-7-11(2)19-14-9-8-12(20(16,17)18)10-13(14)15(3,4)5/h8-11H,6-7H2,1-5H3,(H2,16,17,18). The molecule has 0 radical (unpaired) electrons. The second kappa shape index (κ2) is 6.14. The maximum Gasteiger partial charge on any atom is 0.238 e. The number of rotatable bonds is 5. The number of hydrogen-bond donors (Lipinski definition) is 1. The Morgan fingerprint density at radius 1 is 1.30 bits per heavy atom. The monoisotopic (exact) mass is 299 g/mol. The molecule has 0 bridgehead atoms. The third-order valence-corrected chi connectivity index (χ3v) is 4.02. The summed E-state index contributed by atoms with van der Waals surface area (Å²) in [4.78, 5) is 0.123. The lowest BCUT2D eigenvalue weighted by molar-refractivity contribution is 0.205. The summed E-state index contributed by atoms with van der Waals surface area (Å²) in [5.41, 5.74) is 0.633. The van der Waals surface area contributed by atoms with Crippen molar-refractivity contribution in [1.82, 2.24) is 0 Å². The Morgan fingerprint density at radius 3 is 2.35 bits per heavy atom. The zero-order chi connectivity index (χ0) is 15.6. The fraction of sp³-hybridized carbons (Fsp3) is 0.600. The molecule has 0 spiro atoms. The van der Waals surface area contributed by atoms with Crippen molar-refractivity contribution >= 4 is 10.0 Å². The van der Waals surface area contributed by atoms with E-state index in [0.29, 0.717) is 0 Å².